The van der Waals surface area contributed by atoms with Crippen LogP contribution in [-0.4, -0.2) is 44.5 Å². The Bertz CT molecular complexity index is 1620. The number of fused-ring (bicyclic) bond motifs is 2. The molecule has 2 aromatic carbocycles. The highest BCUT2D eigenvalue weighted by atomic mass is 19.1. The molecule has 1 atom stereocenters. The molecule has 9 heteroatoms. The number of anilines is 1. The van der Waals surface area contributed by atoms with Crippen molar-refractivity contribution in [2.45, 2.75) is 19.4 Å². The number of ether oxygens (including phenoxy) is 1. The van der Waals surface area contributed by atoms with Crippen LogP contribution in [0, 0.1) is 12.7 Å². The third kappa shape index (κ3) is 3.83. The number of nitrogens with one attached hydrogen (secondary N) is 1. The number of benzene rings is 2. The number of pyridine rings is 1. The Morgan fingerprint density at radius 3 is 2.72 bits per heavy atom. The standard InChI is InChI=1S/C27H23FN6O2/c1-15-8-10-30-21-7-4-17(12-20(15)21)24-23(16-2-5-18(28)6-3-16)33-25(29)26-32-22(13-34(24)26)27(35)31-19-9-11-36-14-19/h2-8,10,12-13,19H,9,11,14H2,1H3,(H2,29,33)(H,31,35). The number of nitrogen functional groups attached to an aromatic ring is 1. The third-order valence-electron chi connectivity index (χ3n) is 6.48. The fourth-order valence-corrected chi connectivity index (χ4v) is 4.60. The third-order valence-corrected chi connectivity index (χ3v) is 6.48. The van der Waals surface area contributed by atoms with Gasteiger partial charge in [0.05, 0.1) is 29.6 Å². The largest absolute Gasteiger partial charge is 0.381 e. The summed E-state index contributed by atoms with van der Waals surface area (Å²) in [7, 11) is 0. The van der Waals surface area contributed by atoms with E-state index in [2.05, 4.69) is 20.3 Å². The van der Waals surface area contributed by atoms with Crippen molar-refractivity contribution in [2.24, 2.45) is 0 Å². The zero-order chi connectivity index (χ0) is 24.8. The van der Waals surface area contributed by atoms with Crippen LogP contribution in [0.5, 0.6) is 0 Å². The Labute approximate surface area is 206 Å². The number of imidazole rings is 1. The molecule has 1 fully saturated rings. The van der Waals surface area contributed by atoms with Gasteiger partial charge in [0, 0.05) is 35.5 Å². The molecule has 0 radical (unpaired) electrons. The first-order valence-corrected chi connectivity index (χ1v) is 11.7. The molecule has 36 heavy (non-hydrogen) atoms. The van der Waals surface area contributed by atoms with Crippen molar-refractivity contribution in [3.05, 3.63) is 78.0 Å². The van der Waals surface area contributed by atoms with E-state index in [1.807, 2.05) is 31.2 Å². The van der Waals surface area contributed by atoms with Crippen LogP contribution in [0.2, 0.25) is 0 Å². The summed E-state index contributed by atoms with van der Waals surface area (Å²) in [6, 6.07) is 13.9. The van der Waals surface area contributed by atoms with Gasteiger partial charge in [0.25, 0.3) is 5.91 Å². The quantitative estimate of drug-likeness (QED) is 0.398. The average Bonchev–Trinajstić information content (AvgIpc) is 3.55. The van der Waals surface area contributed by atoms with Crippen molar-refractivity contribution in [3.63, 3.8) is 0 Å². The van der Waals surface area contributed by atoms with Crippen LogP contribution in [0.1, 0.15) is 22.5 Å². The zero-order valence-electron chi connectivity index (χ0n) is 19.5. The van der Waals surface area contributed by atoms with Crippen molar-refractivity contribution < 1.29 is 13.9 Å². The smallest absolute Gasteiger partial charge is 0.271 e. The van der Waals surface area contributed by atoms with Crippen LogP contribution in [0.4, 0.5) is 10.2 Å². The molecular formula is C27H23FN6O2. The SMILES string of the molecule is Cc1ccnc2ccc(-c3c(-c4ccc(F)cc4)nc(N)c4nc(C(=O)NC5CCOC5)cn34)cc12. The number of aryl methyl sites for hydroxylation is 1. The summed E-state index contributed by atoms with van der Waals surface area (Å²) in [5, 5.41) is 3.96. The second-order valence-corrected chi connectivity index (χ2v) is 8.91. The fraction of sp³-hybridized carbons (Fsp3) is 0.185. The van der Waals surface area contributed by atoms with Gasteiger partial charge in [0.2, 0.25) is 0 Å². The maximum Gasteiger partial charge on any atom is 0.271 e. The highest BCUT2D eigenvalue weighted by Gasteiger charge is 2.23. The topological polar surface area (TPSA) is 107 Å². The number of hydrogen-bond donors (Lipinski definition) is 2. The molecular weight excluding hydrogens is 459 g/mol. The van der Waals surface area contributed by atoms with Crippen LogP contribution in [0.3, 0.4) is 0 Å². The minimum atomic E-state index is -0.348. The van der Waals surface area contributed by atoms with Crippen LogP contribution in [-0.2, 0) is 4.74 Å². The second-order valence-electron chi connectivity index (χ2n) is 8.91. The minimum Gasteiger partial charge on any atom is -0.381 e. The number of amides is 1. The Morgan fingerprint density at radius 1 is 1.14 bits per heavy atom. The molecule has 180 valence electrons. The number of nitrogens with two attached hydrogens (primary N) is 1. The predicted octanol–water partition coefficient (Wildman–Crippen LogP) is 4.16. The predicted molar refractivity (Wildman–Crippen MR) is 135 cm³/mol. The first-order valence-electron chi connectivity index (χ1n) is 11.7. The van der Waals surface area contributed by atoms with Gasteiger partial charge in [-0.05, 0) is 61.4 Å². The van der Waals surface area contributed by atoms with E-state index in [0.29, 0.717) is 35.8 Å². The minimum absolute atomic E-state index is 0.0528. The molecule has 0 spiro atoms. The first kappa shape index (κ1) is 22.1. The van der Waals surface area contributed by atoms with Crippen LogP contribution in [0.25, 0.3) is 39.1 Å². The van der Waals surface area contributed by atoms with Gasteiger partial charge >= 0.3 is 0 Å². The molecule has 3 N–H and O–H groups in total. The molecule has 1 aliphatic heterocycles. The summed E-state index contributed by atoms with van der Waals surface area (Å²) in [6.45, 7) is 3.12. The number of aromatic nitrogens is 4. The molecule has 1 saturated heterocycles. The number of halogens is 1. The van der Waals surface area contributed by atoms with Gasteiger partial charge in [0.1, 0.15) is 11.5 Å². The highest BCUT2D eigenvalue weighted by molar-refractivity contribution is 5.95. The molecule has 3 aromatic heterocycles. The maximum absolute atomic E-state index is 13.7. The summed E-state index contributed by atoms with van der Waals surface area (Å²) in [5.74, 6) is -0.486. The molecule has 4 heterocycles. The number of nitrogens with zero attached hydrogens (tertiary/aromatic N) is 4. The molecule has 1 amide bonds. The van der Waals surface area contributed by atoms with Crippen LogP contribution < -0.4 is 11.1 Å². The number of rotatable bonds is 4. The number of hydrogen-bond acceptors (Lipinski definition) is 6. The molecule has 1 unspecified atom stereocenters. The second kappa shape index (κ2) is 8.69. The molecule has 0 aliphatic carbocycles. The normalized spacial score (nSPS) is 15.6. The molecule has 1 aliphatic rings. The Morgan fingerprint density at radius 2 is 1.94 bits per heavy atom. The lowest BCUT2D eigenvalue weighted by atomic mass is 10.0. The van der Waals surface area contributed by atoms with E-state index in [-0.39, 0.29) is 29.3 Å². The average molecular weight is 483 g/mol. The van der Waals surface area contributed by atoms with Gasteiger partial charge in [-0.2, -0.15) is 0 Å². The Kier molecular flexibility index (Phi) is 5.34. The van der Waals surface area contributed by atoms with Gasteiger partial charge in [-0.1, -0.05) is 6.07 Å². The summed E-state index contributed by atoms with van der Waals surface area (Å²) >= 11 is 0. The number of carbonyl (C=O) groups excluding carboxylic acids is 1. The molecule has 0 saturated carbocycles. The fourth-order valence-electron chi connectivity index (χ4n) is 4.60. The van der Waals surface area contributed by atoms with E-state index in [0.717, 1.165) is 28.5 Å². The van der Waals surface area contributed by atoms with Gasteiger partial charge in [0.15, 0.2) is 11.5 Å². The zero-order valence-corrected chi connectivity index (χ0v) is 19.5. The number of carbonyl (C=O) groups is 1. The van der Waals surface area contributed by atoms with E-state index in [9.17, 15) is 9.18 Å². The molecule has 5 aromatic rings. The summed E-state index contributed by atoms with van der Waals surface area (Å²) in [5.41, 5.74) is 11.6. The molecule has 8 nitrogen and oxygen atoms in total. The van der Waals surface area contributed by atoms with Gasteiger partial charge < -0.3 is 15.8 Å². The highest BCUT2D eigenvalue weighted by Crippen LogP contribution is 2.35. The first-order chi connectivity index (χ1) is 17.5. The van der Waals surface area contributed by atoms with Crippen LogP contribution in [0.15, 0.2) is 60.9 Å². The lowest BCUT2D eigenvalue weighted by Gasteiger charge is -2.14. The van der Waals surface area contributed by atoms with Crippen LogP contribution >= 0.6 is 0 Å². The van der Waals surface area contributed by atoms with Crippen molar-refractivity contribution in [2.75, 3.05) is 18.9 Å². The van der Waals surface area contributed by atoms with E-state index >= 15 is 0 Å². The van der Waals surface area contributed by atoms with Crippen molar-refractivity contribution >= 4 is 28.3 Å². The van der Waals surface area contributed by atoms with Gasteiger partial charge in [-0.25, -0.2) is 14.4 Å². The van der Waals surface area contributed by atoms with Crippen molar-refractivity contribution in [1.82, 2.24) is 24.7 Å². The Balaban J connectivity index is 1.58. The van der Waals surface area contributed by atoms with E-state index in [1.165, 1.54) is 12.1 Å². The summed E-state index contributed by atoms with van der Waals surface area (Å²) in [4.78, 5) is 26.6. The van der Waals surface area contributed by atoms with Gasteiger partial charge in [-0.3, -0.25) is 14.2 Å². The molecule has 0 bridgehead atoms. The summed E-state index contributed by atoms with van der Waals surface area (Å²) < 4.78 is 20.9. The van der Waals surface area contributed by atoms with Crippen molar-refractivity contribution in [3.8, 4) is 22.5 Å². The molecule has 6 rings (SSSR count). The van der Waals surface area contributed by atoms with E-state index in [1.54, 1.807) is 28.9 Å². The Hall–Kier alpha value is -4.37. The monoisotopic (exact) mass is 482 g/mol. The van der Waals surface area contributed by atoms with Crippen molar-refractivity contribution in [1.29, 1.82) is 0 Å². The van der Waals surface area contributed by atoms with E-state index in [4.69, 9.17) is 10.5 Å². The lowest BCUT2D eigenvalue weighted by Crippen LogP contribution is -2.35. The van der Waals surface area contributed by atoms with E-state index < -0.39 is 0 Å². The van der Waals surface area contributed by atoms with Gasteiger partial charge in [-0.15, -0.1) is 0 Å². The maximum atomic E-state index is 13.7. The lowest BCUT2D eigenvalue weighted by molar-refractivity contribution is 0.0925. The summed E-state index contributed by atoms with van der Waals surface area (Å²) in [6.07, 6.45) is 4.20.